The average Bonchev–Trinajstić information content (AvgIpc) is 2.67. The third-order valence-corrected chi connectivity index (χ3v) is 4.04. The molecule has 1 saturated heterocycles. The van der Waals surface area contributed by atoms with E-state index in [4.69, 9.17) is 4.74 Å². The van der Waals surface area contributed by atoms with Crippen molar-refractivity contribution in [1.29, 1.82) is 0 Å². The highest BCUT2D eigenvalue weighted by atomic mass is 16.5. The van der Waals surface area contributed by atoms with Crippen LogP contribution in [-0.4, -0.2) is 25.3 Å². The van der Waals surface area contributed by atoms with Crippen LogP contribution in [0.25, 0.3) is 0 Å². The van der Waals surface area contributed by atoms with Crippen molar-refractivity contribution in [3.63, 3.8) is 0 Å². The fourth-order valence-corrected chi connectivity index (χ4v) is 2.86. The maximum absolute atomic E-state index is 6.16. The first-order valence-electron chi connectivity index (χ1n) is 6.11. The Balaban J connectivity index is 1.96. The zero-order valence-electron chi connectivity index (χ0n) is 9.51. The molecule has 0 spiro atoms. The SMILES string of the molecule is CCC1CNCC(C2(C)CCCC2)O1. The van der Waals surface area contributed by atoms with E-state index in [-0.39, 0.29) is 0 Å². The fourth-order valence-electron chi connectivity index (χ4n) is 2.86. The van der Waals surface area contributed by atoms with Gasteiger partial charge in [0.15, 0.2) is 0 Å². The highest BCUT2D eigenvalue weighted by Crippen LogP contribution is 2.42. The molecule has 0 aromatic rings. The van der Waals surface area contributed by atoms with Crippen molar-refractivity contribution in [3.05, 3.63) is 0 Å². The smallest absolute Gasteiger partial charge is 0.0757 e. The molecule has 0 aromatic carbocycles. The minimum absolute atomic E-state index is 0.450. The van der Waals surface area contributed by atoms with Gasteiger partial charge in [0.2, 0.25) is 0 Å². The zero-order valence-corrected chi connectivity index (χ0v) is 9.51. The van der Waals surface area contributed by atoms with Crippen LogP contribution in [0.3, 0.4) is 0 Å². The minimum atomic E-state index is 0.450. The molecule has 1 heterocycles. The number of morpholine rings is 1. The standard InChI is InChI=1S/C12H23NO/c1-3-10-8-13-9-11(14-10)12(2)6-4-5-7-12/h10-11,13H,3-9H2,1-2H3. The minimum Gasteiger partial charge on any atom is -0.372 e. The lowest BCUT2D eigenvalue weighted by Gasteiger charge is -2.40. The van der Waals surface area contributed by atoms with E-state index in [9.17, 15) is 0 Å². The first-order chi connectivity index (χ1) is 6.74. The molecule has 2 heteroatoms. The molecule has 2 nitrogen and oxygen atoms in total. The Morgan fingerprint density at radius 3 is 2.64 bits per heavy atom. The van der Waals surface area contributed by atoms with Gasteiger partial charge in [0.1, 0.15) is 0 Å². The van der Waals surface area contributed by atoms with Crippen LogP contribution in [0.2, 0.25) is 0 Å². The number of hydrogen-bond acceptors (Lipinski definition) is 2. The van der Waals surface area contributed by atoms with Crippen molar-refractivity contribution >= 4 is 0 Å². The van der Waals surface area contributed by atoms with Crippen molar-refractivity contribution in [1.82, 2.24) is 5.32 Å². The third kappa shape index (κ3) is 1.96. The topological polar surface area (TPSA) is 21.3 Å². The van der Waals surface area contributed by atoms with Gasteiger partial charge in [0.05, 0.1) is 12.2 Å². The van der Waals surface area contributed by atoms with Crippen LogP contribution in [0, 0.1) is 5.41 Å². The Morgan fingerprint density at radius 2 is 2.00 bits per heavy atom. The normalized spacial score (nSPS) is 37.3. The largest absolute Gasteiger partial charge is 0.372 e. The maximum Gasteiger partial charge on any atom is 0.0757 e. The number of ether oxygens (including phenoxy) is 1. The maximum atomic E-state index is 6.16. The van der Waals surface area contributed by atoms with E-state index in [0.717, 1.165) is 19.5 Å². The van der Waals surface area contributed by atoms with E-state index in [1.54, 1.807) is 0 Å². The van der Waals surface area contributed by atoms with Crippen molar-refractivity contribution in [3.8, 4) is 0 Å². The number of rotatable bonds is 2. The van der Waals surface area contributed by atoms with Gasteiger partial charge in [-0.2, -0.15) is 0 Å². The fraction of sp³-hybridized carbons (Fsp3) is 1.00. The molecule has 0 aromatic heterocycles. The second-order valence-electron chi connectivity index (χ2n) is 5.17. The van der Waals surface area contributed by atoms with Crippen molar-refractivity contribution in [2.45, 2.75) is 58.2 Å². The molecule has 2 rings (SSSR count). The molecular formula is C12H23NO. The molecule has 2 atom stereocenters. The highest BCUT2D eigenvalue weighted by Gasteiger charge is 2.39. The van der Waals surface area contributed by atoms with Gasteiger partial charge in [-0.15, -0.1) is 0 Å². The van der Waals surface area contributed by atoms with Gasteiger partial charge in [0, 0.05) is 13.1 Å². The van der Waals surface area contributed by atoms with E-state index >= 15 is 0 Å². The number of nitrogens with one attached hydrogen (secondary N) is 1. The molecule has 14 heavy (non-hydrogen) atoms. The highest BCUT2D eigenvalue weighted by molar-refractivity contribution is 4.91. The molecular weight excluding hydrogens is 174 g/mol. The predicted octanol–water partition coefficient (Wildman–Crippen LogP) is 2.33. The van der Waals surface area contributed by atoms with Crippen LogP contribution in [0.4, 0.5) is 0 Å². The quantitative estimate of drug-likeness (QED) is 0.733. The molecule has 2 unspecified atom stereocenters. The monoisotopic (exact) mass is 197 g/mol. The second kappa shape index (κ2) is 4.19. The lowest BCUT2D eigenvalue weighted by atomic mass is 9.81. The average molecular weight is 197 g/mol. The summed E-state index contributed by atoms with van der Waals surface area (Å²) in [5, 5.41) is 3.51. The van der Waals surface area contributed by atoms with Gasteiger partial charge in [-0.3, -0.25) is 0 Å². The second-order valence-corrected chi connectivity index (χ2v) is 5.17. The van der Waals surface area contributed by atoms with E-state index < -0.39 is 0 Å². The van der Waals surface area contributed by atoms with Gasteiger partial charge in [-0.1, -0.05) is 26.7 Å². The van der Waals surface area contributed by atoms with E-state index in [0.29, 0.717) is 17.6 Å². The molecule has 1 aliphatic heterocycles. The van der Waals surface area contributed by atoms with Crippen LogP contribution in [0.5, 0.6) is 0 Å². The van der Waals surface area contributed by atoms with E-state index in [2.05, 4.69) is 19.2 Å². The van der Waals surface area contributed by atoms with Crippen molar-refractivity contribution < 1.29 is 4.74 Å². The summed E-state index contributed by atoms with van der Waals surface area (Å²) in [6.07, 6.45) is 7.56. The van der Waals surface area contributed by atoms with E-state index in [1.807, 2.05) is 0 Å². The first kappa shape index (κ1) is 10.4. The molecule has 1 saturated carbocycles. The lowest BCUT2D eigenvalue weighted by molar-refractivity contribution is -0.0963. The van der Waals surface area contributed by atoms with Gasteiger partial charge in [-0.05, 0) is 24.7 Å². The first-order valence-corrected chi connectivity index (χ1v) is 6.11. The summed E-state index contributed by atoms with van der Waals surface area (Å²) < 4.78 is 6.16. The molecule has 0 radical (unpaired) electrons. The molecule has 0 bridgehead atoms. The van der Waals surface area contributed by atoms with Crippen LogP contribution in [-0.2, 0) is 4.74 Å². The Labute approximate surface area is 87.4 Å². The van der Waals surface area contributed by atoms with Gasteiger partial charge >= 0.3 is 0 Å². The molecule has 2 aliphatic rings. The Bertz CT molecular complexity index is 187. The van der Waals surface area contributed by atoms with Crippen LogP contribution in [0.1, 0.15) is 46.0 Å². The number of hydrogen-bond donors (Lipinski definition) is 1. The molecule has 1 aliphatic carbocycles. The zero-order chi connectivity index (χ0) is 10.0. The molecule has 0 amide bonds. The third-order valence-electron chi connectivity index (χ3n) is 4.04. The van der Waals surface area contributed by atoms with Crippen LogP contribution >= 0.6 is 0 Å². The Kier molecular flexibility index (Phi) is 3.13. The molecule has 1 N–H and O–H groups in total. The summed E-state index contributed by atoms with van der Waals surface area (Å²) in [5.74, 6) is 0. The Hall–Kier alpha value is -0.0800. The van der Waals surface area contributed by atoms with Crippen LogP contribution in [0.15, 0.2) is 0 Å². The summed E-state index contributed by atoms with van der Waals surface area (Å²) in [6.45, 7) is 6.73. The summed E-state index contributed by atoms with van der Waals surface area (Å²) in [4.78, 5) is 0. The van der Waals surface area contributed by atoms with Gasteiger partial charge < -0.3 is 10.1 Å². The van der Waals surface area contributed by atoms with Crippen molar-refractivity contribution in [2.75, 3.05) is 13.1 Å². The summed E-state index contributed by atoms with van der Waals surface area (Å²) in [6, 6.07) is 0. The summed E-state index contributed by atoms with van der Waals surface area (Å²) >= 11 is 0. The molecule has 2 fully saturated rings. The molecule has 82 valence electrons. The van der Waals surface area contributed by atoms with Crippen LogP contribution < -0.4 is 5.32 Å². The van der Waals surface area contributed by atoms with Crippen molar-refractivity contribution in [2.24, 2.45) is 5.41 Å². The summed E-state index contributed by atoms with van der Waals surface area (Å²) in [7, 11) is 0. The lowest BCUT2D eigenvalue weighted by Crippen LogP contribution is -2.50. The predicted molar refractivity (Wildman–Crippen MR) is 58.4 cm³/mol. The van der Waals surface area contributed by atoms with Gasteiger partial charge in [0.25, 0.3) is 0 Å². The Morgan fingerprint density at radius 1 is 1.29 bits per heavy atom. The summed E-state index contributed by atoms with van der Waals surface area (Å²) in [5.41, 5.74) is 0.459. The van der Waals surface area contributed by atoms with E-state index in [1.165, 1.54) is 25.7 Å². The van der Waals surface area contributed by atoms with Gasteiger partial charge in [-0.25, -0.2) is 0 Å².